The van der Waals surface area contributed by atoms with E-state index in [2.05, 4.69) is 0 Å². The number of hydrogen-bond donors (Lipinski definition) is 1. The molecule has 2 amide bonds. The van der Waals surface area contributed by atoms with Crippen LogP contribution in [-0.2, 0) is 14.9 Å². The zero-order chi connectivity index (χ0) is 14.9. The van der Waals surface area contributed by atoms with Gasteiger partial charge in [0.05, 0.1) is 0 Å². The number of carbonyl (C=O) groups excluding carboxylic acids is 2. The summed E-state index contributed by atoms with van der Waals surface area (Å²) in [6, 6.07) is 18.0. The average molecular weight is 283 g/mol. The largest absolute Gasteiger partial charge is 0.446 e. The lowest BCUT2D eigenvalue weighted by Gasteiger charge is -2.38. The smallest absolute Gasteiger partial charge is 0.441 e. The number of rotatable bonds is 2. The van der Waals surface area contributed by atoms with E-state index >= 15 is 0 Å². The maximum absolute atomic E-state index is 12.6. The van der Waals surface area contributed by atoms with Crippen LogP contribution in [0.4, 0.5) is 4.79 Å². The van der Waals surface area contributed by atoms with E-state index in [9.17, 15) is 14.8 Å². The SMILES string of the molecule is O=C1OCC(c2ccccc2)(c2ccccc2)C(=O)N1O. The molecule has 5 nitrogen and oxygen atoms in total. The molecular formula is C16H13NO4. The molecule has 1 aliphatic rings. The lowest BCUT2D eigenvalue weighted by Crippen LogP contribution is -2.56. The van der Waals surface area contributed by atoms with Crippen molar-refractivity contribution in [1.29, 1.82) is 0 Å². The highest BCUT2D eigenvalue weighted by Crippen LogP contribution is 2.37. The standard InChI is InChI=1S/C16H13NO4/c18-14-16(11-21-15(19)17(14)20,12-7-3-1-4-8-12)13-9-5-2-6-10-13/h1-10,20H,11H2. The van der Waals surface area contributed by atoms with Crippen molar-refractivity contribution >= 4 is 12.0 Å². The minimum absolute atomic E-state index is 0.0451. The third-order valence-corrected chi connectivity index (χ3v) is 3.68. The van der Waals surface area contributed by atoms with Crippen LogP contribution in [0.3, 0.4) is 0 Å². The van der Waals surface area contributed by atoms with Gasteiger partial charge in [0, 0.05) is 0 Å². The lowest BCUT2D eigenvalue weighted by molar-refractivity contribution is -0.172. The predicted octanol–water partition coefficient (Wildman–Crippen LogP) is 2.34. The van der Waals surface area contributed by atoms with Crippen LogP contribution >= 0.6 is 0 Å². The topological polar surface area (TPSA) is 66.8 Å². The van der Waals surface area contributed by atoms with Crippen LogP contribution in [0.15, 0.2) is 60.7 Å². The second-order valence-electron chi connectivity index (χ2n) is 4.81. The molecule has 0 saturated carbocycles. The van der Waals surface area contributed by atoms with Gasteiger partial charge in [-0.05, 0) is 11.1 Å². The first-order valence-electron chi connectivity index (χ1n) is 6.47. The van der Waals surface area contributed by atoms with E-state index in [-0.39, 0.29) is 11.7 Å². The van der Waals surface area contributed by atoms with Gasteiger partial charge in [-0.2, -0.15) is 0 Å². The third-order valence-electron chi connectivity index (χ3n) is 3.68. The second-order valence-corrected chi connectivity index (χ2v) is 4.81. The Hall–Kier alpha value is -2.66. The van der Waals surface area contributed by atoms with Gasteiger partial charge in [-0.25, -0.2) is 4.79 Å². The Balaban J connectivity index is 2.22. The van der Waals surface area contributed by atoms with E-state index in [1.54, 1.807) is 48.5 Å². The summed E-state index contributed by atoms with van der Waals surface area (Å²) >= 11 is 0. The first-order chi connectivity index (χ1) is 10.2. The predicted molar refractivity (Wildman–Crippen MR) is 73.6 cm³/mol. The lowest BCUT2D eigenvalue weighted by atomic mass is 9.73. The first-order valence-corrected chi connectivity index (χ1v) is 6.47. The van der Waals surface area contributed by atoms with Gasteiger partial charge in [0.2, 0.25) is 0 Å². The first kappa shape index (κ1) is 13.3. The Morgan fingerprint density at radius 1 is 0.905 bits per heavy atom. The Bertz CT molecular complexity index is 630. The van der Waals surface area contributed by atoms with Crippen molar-refractivity contribution in [3.8, 4) is 0 Å². The Morgan fingerprint density at radius 3 is 1.86 bits per heavy atom. The summed E-state index contributed by atoms with van der Waals surface area (Å²) in [6.45, 7) is -0.143. The number of nitrogens with zero attached hydrogens (tertiary/aromatic N) is 1. The summed E-state index contributed by atoms with van der Waals surface area (Å²) in [5.41, 5.74) is 0.0889. The van der Waals surface area contributed by atoms with Crippen molar-refractivity contribution < 1.29 is 19.5 Å². The fraction of sp³-hybridized carbons (Fsp3) is 0.125. The molecule has 2 aromatic rings. The maximum Gasteiger partial charge on any atom is 0.441 e. The summed E-state index contributed by atoms with van der Waals surface area (Å²) in [7, 11) is 0. The number of imide groups is 1. The van der Waals surface area contributed by atoms with Crippen molar-refractivity contribution in [2.24, 2.45) is 0 Å². The quantitative estimate of drug-likeness (QED) is 0.859. The Labute approximate surface area is 121 Å². The van der Waals surface area contributed by atoms with Gasteiger partial charge >= 0.3 is 6.09 Å². The molecule has 1 saturated heterocycles. The number of hydroxylamine groups is 2. The van der Waals surface area contributed by atoms with Crippen molar-refractivity contribution in [3.05, 3.63) is 71.8 Å². The van der Waals surface area contributed by atoms with Gasteiger partial charge in [-0.3, -0.25) is 10.0 Å². The molecule has 1 aliphatic heterocycles. The van der Waals surface area contributed by atoms with Crippen LogP contribution < -0.4 is 0 Å². The van der Waals surface area contributed by atoms with Crippen LogP contribution in [0, 0.1) is 0 Å². The number of hydrogen-bond acceptors (Lipinski definition) is 4. The van der Waals surface area contributed by atoms with Crippen LogP contribution in [-0.4, -0.2) is 28.9 Å². The highest BCUT2D eigenvalue weighted by Gasteiger charge is 2.51. The van der Waals surface area contributed by atoms with Crippen molar-refractivity contribution in [3.63, 3.8) is 0 Å². The van der Waals surface area contributed by atoms with Gasteiger partial charge in [0.15, 0.2) is 0 Å². The van der Waals surface area contributed by atoms with Crippen molar-refractivity contribution in [1.82, 2.24) is 5.06 Å². The molecule has 2 aromatic carbocycles. The van der Waals surface area contributed by atoms with E-state index in [4.69, 9.17) is 4.74 Å². The summed E-state index contributed by atoms with van der Waals surface area (Å²) in [6.07, 6.45) is -1.05. The van der Waals surface area contributed by atoms with E-state index in [0.717, 1.165) is 0 Å². The number of benzene rings is 2. The molecule has 0 unspecified atom stereocenters. The van der Waals surface area contributed by atoms with Crippen molar-refractivity contribution in [2.45, 2.75) is 5.41 Å². The number of ether oxygens (including phenoxy) is 1. The molecule has 5 heteroatoms. The number of amides is 2. The molecule has 3 rings (SSSR count). The highest BCUT2D eigenvalue weighted by atomic mass is 16.6. The van der Waals surface area contributed by atoms with Crippen molar-refractivity contribution in [2.75, 3.05) is 6.61 Å². The van der Waals surface area contributed by atoms with Gasteiger partial charge in [0.25, 0.3) is 5.91 Å². The second kappa shape index (κ2) is 5.03. The fourth-order valence-corrected chi connectivity index (χ4v) is 2.58. The summed E-state index contributed by atoms with van der Waals surface area (Å²) in [4.78, 5) is 24.0. The zero-order valence-corrected chi connectivity index (χ0v) is 11.1. The van der Waals surface area contributed by atoms with Gasteiger partial charge in [0.1, 0.15) is 12.0 Å². The van der Waals surface area contributed by atoms with E-state index in [1.807, 2.05) is 12.1 Å². The zero-order valence-electron chi connectivity index (χ0n) is 11.1. The number of cyclic esters (lactones) is 1. The maximum atomic E-state index is 12.6. The molecule has 0 spiro atoms. The average Bonchev–Trinajstić information content (AvgIpc) is 2.55. The molecule has 1 heterocycles. The van der Waals surface area contributed by atoms with Crippen LogP contribution in [0.2, 0.25) is 0 Å². The molecule has 1 fully saturated rings. The van der Waals surface area contributed by atoms with Gasteiger partial charge in [-0.15, -0.1) is 5.06 Å². The van der Waals surface area contributed by atoms with Crippen LogP contribution in [0.1, 0.15) is 11.1 Å². The molecule has 0 atom stereocenters. The van der Waals surface area contributed by atoms with E-state index in [0.29, 0.717) is 11.1 Å². The molecule has 0 aliphatic carbocycles. The van der Waals surface area contributed by atoms with Crippen LogP contribution in [0.5, 0.6) is 0 Å². The highest BCUT2D eigenvalue weighted by molar-refractivity contribution is 6.01. The summed E-state index contributed by atoms with van der Waals surface area (Å²) in [5.74, 6) is -0.712. The van der Waals surface area contributed by atoms with E-state index < -0.39 is 17.4 Å². The minimum atomic E-state index is -1.23. The molecule has 21 heavy (non-hydrogen) atoms. The fourth-order valence-electron chi connectivity index (χ4n) is 2.58. The Morgan fingerprint density at radius 2 is 1.38 bits per heavy atom. The molecule has 0 aromatic heterocycles. The van der Waals surface area contributed by atoms with E-state index in [1.165, 1.54) is 0 Å². The van der Waals surface area contributed by atoms with Crippen LogP contribution in [0.25, 0.3) is 0 Å². The van der Waals surface area contributed by atoms with Gasteiger partial charge in [-0.1, -0.05) is 60.7 Å². The minimum Gasteiger partial charge on any atom is -0.446 e. The van der Waals surface area contributed by atoms with Gasteiger partial charge < -0.3 is 4.74 Å². The third kappa shape index (κ3) is 1.98. The normalized spacial score (nSPS) is 17.5. The summed E-state index contributed by atoms with van der Waals surface area (Å²) in [5, 5.41) is 9.76. The molecular weight excluding hydrogens is 270 g/mol. The summed E-state index contributed by atoms with van der Waals surface area (Å²) < 4.78 is 5.00. The Kier molecular flexibility index (Phi) is 3.19. The number of carbonyl (C=O) groups is 2. The molecule has 106 valence electrons. The molecule has 1 N–H and O–H groups in total. The molecule has 0 bridgehead atoms. The molecule has 0 radical (unpaired) electrons. The monoisotopic (exact) mass is 283 g/mol.